The molecule has 4 nitrogen and oxygen atoms in total. The number of hydrogen-bond acceptors (Lipinski definition) is 3. The molecule has 1 aliphatic heterocycles. The smallest absolute Gasteiger partial charge is 0.240 e. The molecular weight excluding hydrogens is 321 g/mol. The molecule has 0 bridgehead atoms. The molecule has 1 aliphatic carbocycles. The van der Waals surface area contributed by atoms with Gasteiger partial charge in [0, 0.05) is 25.3 Å². The summed E-state index contributed by atoms with van der Waals surface area (Å²) in [4.78, 5) is 16.7. The summed E-state index contributed by atoms with van der Waals surface area (Å²) in [5.74, 6) is 0.999. The van der Waals surface area contributed by atoms with Gasteiger partial charge in [0.15, 0.2) is 0 Å². The van der Waals surface area contributed by atoms with E-state index in [4.69, 9.17) is 0 Å². The highest BCUT2D eigenvalue weighted by atomic mass is 35.5. The van der Waals surface area contributed by atoms with E-state index in [1.54, 1.807) is 0 Å². The summed E-state index contributed by atoms with van der Waals surface area (Å²) >= 11 is 0. The molecule has 124 valence electrons. The van der Waals surface area contributed by atoms with Crippen LogP contribution in [-0.2, 0) is 11.3 Å². The quantitative estimate of drug-likeness (QED) is 0.909. The van der Waals surface area contributed by atoms with E-state index in [0.717, 1.165) is 37.8 Å². The molecule has 1 N–H and O–H groups in total. The van der Waals surface area contributed by atoms with Crippen molar-refractivity contribution in [3.8, 4) is 0 Å². The minimum Gasteiger partial charge on any atom is -0.310 e. The lowest BCUT2D eigenvalue weighted by atomic mass is 10.1. The lowest BCUT2D eigenvalue weighted by Gasteiger charge is -2.23. The van der Waals surface area contributed by atoms with E-state index >= 15 is 0 Å². The molecule has 0 saturated heterocycles. The molecule has 1 saturated carbocycles. The molecule has 0 spiro atoms. The Morgan fingerprint density at radius 3 is 2.68 bits per heavy atom. The zero-order valence-electron chi connectivity index (χ0n) is 13.0. The zero-order valence-corrected chi connectivity index (χ0v) is 14.6. The van der Waals surface area contributed by atoms with E-state index in [1.807, 2.05) is 17.0 Å². The van der Waals surface area contributed by atoms with Crippen molar-refractivity contribution in [3.63, 3.8) is 0 Å². The minimum absolute atomic E-state index is 0. The van der Waals surface area contributed by atoms with Gasteiger partial charge in [0.2, 0.25) is 5.91 Å². The van der Waals surface area contributed by atoms with Crippen LogP contribution in [0.25, 0.3) is 0 Å². The van der Waals surface area contributed by atoms with Gasteiger partial charge in [-0.1, -0.05) is 18.2 Å². The number of carbonyl (C=O) groups excluding carboxylic acids is 1. The molecule has 1 fully saturated rings. The Morgan fingerprint density at radius 2 is 1.95 bits per heavy atom. The molecule has 1 aromatic carbocycles. The van der Waals surface area contributed by atoms with E-state index in [-0.39, 0.29) is 30.7 Å². The van der Waals surface area contributed by atoms with Crippen molar-refractivity contribution in [1.82, 2.24) is 10.2 Å². The van der Waals surface area contributed by atoms with Crippen LogP contribution in [0.5, 0.6) is 0 Å². The fourth-order valence-electron chi connectivity index (χ4n) is 2.73. The second-order valence-corrected chi connectivity index (χ2v) is 5.99. The fourth-order valence-corrected chi connectivity index (χ4v) is 2.73. The van der Waals surface area contributed by atoms with Crippen LogP contribution in [0, 0.1) is 5.92 Å². The van der Waals surface area contributed by atoms with Gasteiger partial charge in [-0.25, -0.2) is 0 Å². The number of carbonyl (C=O) groups is 1. The van der Waals surface area contributed by atoms with E-state index in [9.17, 15) is 4.79 Å². The number of benzene rings is 1. The normalized spacial score (nSPS) is 17.8. The average Bonchev–Trinajstić information content (AvgIpc) is 3.25. The third-order valence-corrected chi connectivity index (χ3v) is 4.14. The molecule has 3 rings (SSSR count). The molecule has 0 atom stereocenters. The second-order valence-electron chi connectivity index (χ2n) is 5.99. The molecule has 1 amide bonds. The maximum Gasteiger partial charge on any atom is 0.240 e. The van der Waals surface area contributed by atoms with Gasteiger partial charge >= 0.3 is 0 Å². The molecule has 1 heterocycles. The summed E-state index contributed by atoms with van der Waals surface area (Å²) in [6.45, 7) is 4.05. The maximum absolute atomic E-state index is 12.5. The first-order chi connectivity index (χ1) is 9.74. The van der Waals surface area contributed by atoms with E-state index in [1.165, 1.54) is 18.4 Å². The van der Waals surface area contributed by atoms with Gasteiger partial charge in [-0.3, -0.25) is 4.79 Å². The molecule has 0 unspecified atom stereocenters. The summed E-state index contributed by atoms with van der Waals surface area (Å²) in [7, 11) is 2.11. The zero-order chi connectivity index (χ0) is 13.9. The lowest BCUT2D eigenvalue weighted by Crippen LogP contribution is -2.41. The minimum atomic E-state index is 0. The molecule has 22 heavy (non-hydrogen) atoms. The number of anilines is 1. The van der Waals surface area contributed by atoms with Crippen LogP contribution < -0.4 is 10.2 Å². The van der Waals surface area contributed by atoms with Gasteiger partial charge in [-0.15, -0.1) is 24.8 Å². The summed E-state index contributed by atoms with van der Waals surface area (Å²) in [5, 5.41) is 3.30. The number of rotatable bonds is 4. The number of hydrogen-bond donors (Lipinski definition) is 1. The van der Waals surface area contributed by atoms with Crippen LogP contribution in [-0.4, -0.2) is 44.0 Å². The van der Waals surface area contributed by atoms with Crippen LogP contribution in [0.15, 0.2) is 24.3 Å². The van der Waals surface area contributed by atoms with Crippen molar-refractivity contribution in [2.45, 2.75) is 19.4 Å². The molecule has 1 aromatic rings. The number of fused-ring (bicyclic) bond motifs is 1. The van der Waals surface area contributed by atoms with Gasteiger partial charge in [0.05, 0.1) is 6.54 Å². The fraction of sp³-hybridized carbons (Fsp3) is 0.562. The monoisotopic (exact) mass is 345 g/mol. The maximum atomic E-state index is 12.5. The van der Waals surface area contributed by atoms with E-state index in [2.05, 4.69) is 29.4 Å². The Morgan fingerprint density at radius 1 is 1.23 bits per heavy atom. The highest BCUT2D eigenvalue weighted by Gasteiger charge is 2.24. The predicted octanol–water partition coefficient (Wildman–Crippen LogP) is 2.31. The molecule has 0 aromatic heterocycles. The average molecular weight is 346 g/mol. The van der Waals surface area contributed by atoms with Crippen molar-refractivity contribution in [3.05, 3.63) is 29.8 Å². The first-order valence-corrected chi connectivity index (χ1v) is 7.51. The third kappa shape index (κ3) is 4.85. The van der Waals surface area contributed by atoms with Gasteiger partial charge < -0.3 is 15.1 Å². The lowest BCUT2D eigenvalue weighted by molar-refractivity contribution is -0.117. The number of nitrogens with zero attached hydrogens (tertiary/aromatic N) is 2. The Kier molecular flexibility index (Phi) is 7.63. The molecule has 2 aliphatic rings. The number of likely N-dealkylation sites (N-methyl/N-ethyl adjacent to an activating group) is 1. The summed E-state index contributed by atoms with van der Waals surface area (Å²) in [6, 6.07) is 8.25. The van der Waals surface area contributed by atoms with Gasteiger partial charge in [-0.05, 0) is 44.0 Å². The number of para-hydroxylation sites is 1. The van der Waals surface area contributed by atoms with Crippen molar-refractivity contribution in [1.29, 1.82) is 0 Å². The SMILES string of the molecule is CN1CCN(C(=O)CNCC2CC2)c2ccccc2C1.Cl.Cl. The first kappa shape index (κ1) is 19.2. The van der Waals surface area contributed by atoms with Crippen molar-refractivity contribution in [2.24, 2.45) is 5.92 Å². The van der Waals surface area contributed by atoms with Crippen LogP contribution >= 0.6 is 24.8 Å². The second kappa shape index (κ2) is 8.73. The standard InChI is InChI=1S/C16H23N3O.2ClH/c1-18-8-9-19(15-5-3-2-4-14(15)12-18)16(20)11-17-10-13-6-7-13;;/h2-5,13,17H,6-12H2,1H3;2*1H. The van der Waals surface area contributed by atoms with Crippen LogP contribution in [0.2, 0.25) is 0 Å². The first-order valence-electron chi connectivity index (χ1n) is 7.51. The largest absolute Gasteiger partial charge is 0.310 e. The molecular formula is C16H25Cl2N3O. The number of amides is 1. The number of halogens is 2. The Balaban J connectivity index is 0.00000121. The predicted molar refractivity (Wildman–Crippen MR) is 95.2 cm³/mol. The summed E-state index contributed by atoms with van der Waals surface area (Å²) < 4.78 is 0. The number of nitrogens with one attached hydrogen (secondary N) is 1. The van der Waals surface area contributed by atoms with Crippen LogP contribution in [0.1, 0.15) is 18.4 Å². The highest BCUT2D eigenvalue weighted by Crippen LogP contribution is 2.27. The highest BCUT2D eigenvalue weighted by molar-refractivity contribution is 5.95. The van der Waals surface area contributed by atoms with E-state index < -0.39 is 0 Å². The van der Waals surface area contributed by atoms with Gasteiger partial charge in [0.25, 0.3) is 0 Å². The van der Waals surface area contributed by atoms with Crippen LogP contribution in [0.3, 0.4) is 0 Å². The topological polar surface area (TPSA) is 35.6 Å². The summed E-state index contributed by atoms with van der Waals surface area (Å²) in [5.41, 5.74) is 2.32. The summed E-state index contributed by atoms with van der Waals surface area (Å²) in [6.07, 6.45) is 2.64. The van der Waals surface area contributed by atoms with Gasteiger partial charge in [-0.2, -0.15) is 0 Å². The van der Waals surface area contributed by atoms with Crippen molar-refractivity contribution in [2.75, 3.05) is 38.1 Å². The van der Waals surface area contributed by atoms with Crippen molar-refractivity contribution < 1.29 is 4.79 Å². The molecule has 0 radical (unpaired) electrons. The third-order valence-electron chi connectivity index (χ3n) is 4.14. The van der Waals surface area contributed by atoms with Crippen LogP contribution in [0.4, 0.5) is 5.69 Å². The van der Waals surface area contributed by atoms with Crippen molar-refractivity contribution >= 4 is 36.4 Å². The Labute approximate surface area is 145 Å². The Bertz CT molecular complexity index is 494. The molecule has 6 heteroatoms. The Hall–Kier alpha value is -0.810. The van der Waals surface area contributed by atoms with E-state index in [0.29, 0.717) is 6.54 Å². The van der Waals surface area contributed by atoms with Gasteiger partial charge in [0.1, 0.15) is 0 Å².